The second-order valence-electron chi connectivity index (χ2n) is 5.33. The molecular weight excluding hydrogens is 322 g/mol. The van der Waals surface area contributed by atoms with E-state index in [2.05, 4.69) is 16.2 Å². The van der Waals surface area contributed by atoms with Crippen molar-refractivity contribution < 1.29 is 13.2 Å². The largest absolute Gasteiger partial charge is 0.359 e. The van der Waals surface area contributed by atoms with Gasteiger partial charge >= 0.3 is 0 Å². The van der Waals surface area contributed by atoms with Gasteiger partial charge in [0.25, 0.3) is 5.91 Å². The minimum atomic E-state index is -3.26. The number of hydrazine groups is 1. The van der Waals surface area contributed by atoms with Crippen LogP contribution in [0.2, 0.25) is 0 Å². The van der Waals surface area contributed by atoms with Crippen LogP contribution in [0.4, 0.5) is 0 Å². The number of carbonyl (C=O) groups excluding carboxylic acids is 1. The SMILES string of the molecule is CS(=O)(=O)c1ccc(C(=O)NNC(=S)NC2CCCC2)cc1. The van der Waals surface area contributed by atoms with Gasteiger partial charge in [-0.05, 0) is 49.3 Å². The Labute approximate surface area is 135 Å². The molecule has 0 bridgehead atoms. The highest BCUT2D eigenvalue weighted by molar-refractivity contribution is 7.90. The summed E-state index contributed by atoms with van der Waals surface area (Å²) < 4.78 is 22.7. The van der Waals surface area contributed by atoms with Gasteiger partial charge in [-0.1, -0.05) is 12.8 Å². The van der Waals surface area contributed by atoms with Crippen LogP contribution in [0.1, 0.15) is 36.0 Å². The summed E-state index contributed by atoms with van der Waals surface area (Å²) in [6.45, 7) is 0. The van der Waals surface area contributed by atoms with Crippen LogP contribution in [0.3, 0.4) is 0 Å². The molecule has 22 heavy (non-hydrogen) atoms. The minimum absolute atomic E-state index is 0.176. The highest BCUT2D eigenvalue weighted by Crippen LogP contribution is 2.17. The van der Waals surface area contributed by atoms with E-state index >= 15 is 0 Å². The van der Waals surface area contributed by atoms with E-state index in [0.717, 1.165) is 19.1 Å². The van der Waals surface area contributed by atoms with Crippen molar-refractivity contribution in [3.8, 4) is 0 Å². The predicted molar refractivity (Wildman–Crippen MR) is 88.1 cm³/mol. The Kier molecular flexibility index (Phi) is 5.36. The molecule has 2 rings (SSSR count). The zero-order chi connectivity index (χ0) is 16.2. The Morgan fingerprint density at radius 2 is 1.73 bits per heavy atom. The summed E-state index contributed by atoms with van der Waals surface area (Å²) in [5.41, 5.74) is 5.49. The molecule has 6 nitrogen and oxygen atoms in total. The Hall–Kier alpha value is -1.67. The maximum Gasteiger partial charge on any atom is 0.269 e. The van der Waals surface area contributed by atoms with Crippen molar-refractivity contribution in [3.63, 3.8) is 0 Å². The summed E-state index contributed by atoms with van der Waals surface area (Å²) in [6.07, 6.45) is 5.68. The Bertz CT molecular complexity index is 650. The molecule has 3 N–H and O–H groups in total. The lowest BCUT2D eigenvalue weighted by Crippen LogP contribution is -2.49. The number of benzene rings is 1. The number of hydrogen-bond acceptors (Lipinski definition) is 4. The van der Waals surface area contributed by atoms with E-state index in [1.54, 1.807) is 0 Å². The number of sulfone groups is 1. The van der Waals surface area contributed by atoms with Crippen molar-refractivity contribution >= 4 is 33.1 Å². The predicted octanol–water partition coefficient (Wildman–Crippen LogP) is 1.14. The van der Waals surface area contributed by atoms with Gasteiger partial charge in [0.1, 0.15) is 0 Å². The molecule has 0 radical (unpaired) electrons. The van der Waals surface area contributed by atoms with Gasteiger partial charge < -0.3 is 5.32 Å². The van der Waals surface area contributed by atoms with Crippen LogP contribution in [-0.4, -0.2) is 31.7 Å². The van der Waals surface area contributed by atoms with Crippen LogP contribution >= 0.6 is 12.2 Å². The summed E-state index contributed by atoms with van der Waals surface area (Å²) in [6, 6.07) is 6.09. The lowest BCUT2D eigenvalue weighted by molar-refractivity contribution is 0.0943. The van der Waals surface area contributed by atoms with E-state index < -0.39 is 9.84 Å². The molecule has 120 valence electrons. The standard InChI is InChI=1S/C14H19N3O3S2/c1-22(19,20)12-8-6-10(7-9-12)13(18)16-17-14(21)15-11-4-2-3-5-11/h6-9,11H,2-5H2,1H3,(H,16,18)(H2,15,17,21). The second-order valence-corrected chi connectivity index (χ2v) is 7.75. The third-order valence-corrected chi connectivity index (χ3v) is 4.87. The van der Waals surface area contributed by atoms with Crippen molar-refractivity contribution in [2.24, 2.45) is 0 Å². The molecule has 1 saturated carbocycles. The lowest BCUT2D eigenvalue weighted by Gasteiger charge is -2.16. The van der Waals surface area contributed by atoms with Crippen molar-refractivity contribution in [1.82, 2.24) is 16.2 Å². The topological polar surface area (TPSA) is 87.3 Å². The number of nitrogens with one attached hydrogen (secondary N) is 3. The van der Waals surface area contributed by atoms with Crippen molar-refractivity contribution in [2.45, 2.75) is 36.6 Å². The third kappa shape index (κ3) is 4.67. The van der Waals surface area contributed by atoms with Crippen LogP contribution < -0.4 is 16.2 Å². The second kappa shape index (κ2) is 7.06. The molecule has 1 aliphatic carbocycles. The molecule has 1 aromatic carbocycles. The summed E-state index contributed by atoms with van der Waals surface area (Å²) in [5, 5.41) is 3.52. The zero-order valence-electron chi connectivity index (χ0n) is 12.3. The van der Waals surface area contributed by atoms with Crippen LogP contribution in [0.25, 0.3) is 0 Å². The molecule has 1 fully saturated rings. The van der Waals surface area contributed by atoms with Gasteiger partial charge in [-0.25, -0.2) is 8.42 Å². The monoisotopic (exact) mass is 341 g/mol. The summed E-state index contributed by atoms with van der Waals surface area (Å²) in [5.74, 6) is -0.379. The quantitative estimate of drug-likeness (QED) is 0.565. The van der Waals surface area contributed by atoms with Crippen LogP contribution in [-0.2, 0) is 9.84 Å². The van der Waals surface area contributed by atoms with Gasteiger partial charge in [0, 0.05) is 17.9 Å². The Morgan fingerprint density at radius 3 is 2.27 bits per heavy atom. The fourth-order valence-electron chi connectivity index (χ4n) is 2.33. The first-order valence-electron chi connectivity index (χ1n) is 7.03. The molecule has 0 heterocycles. The molecule has 1 aromatic rings. The van der Waals surface area contributed by atoms with Crippen molar-refractivity contribution in [2.75, 3.05) is 6.26 Å². The molecule has 8 heteroatoms. The van der Waals surface area contributed by atoms with E-state index in [1.807, 2.05) is 0 Å². The summed E-state index contributed by atoms with van der Waals surface area (Å²) in [4.78, 5) is 12.1. The van der Waals surface area contributed by atoms with E-state index in [9.17, 15) is 13.2 Å². The number of amides is 1. The molecule has 0 aromatic heterocycles. The van der Waals surface area contributed by atoms with Gasteiger partial charge in [0.05, 0.1) is 4.90 Å². The number of carbonyl (C=O) groups is 1. The van der Waals surface area contributed by atoms with Gasteiger partial charge in [-0.15, -0.1) is 0 Å². The number of thiocarbonyl (C=S) groups is 1. The molecule has 0 unspecified atom stereocenters. The first kappa shape index (κ1) is 16.7. The van der Waals surface area contributed by atoms with E-state index in [0.29, 0.717) is 16.7 Å². The number of rotatable bonds is 3. The van der Waals surface area contributed by atoms with Gasteiger partial charge in [0.2, 0.25) is 0 Å². The Morgan fingerprint density at radius 1 is 1.14 bits per heavy atom. The van der Waals surface area contributed by atoms with Crippen LogP contribution in [0, 0.1) is 0 Å². The lowest BCUT2D eigenvalue weighted by atomic mass is 10.2. The van der Waals surface area contributed by atoms with Crippen LogP contribution in [0.5, 0.6) is 0 Å². The zero-order valence-corrected chi connectivity index (χ0v) is 13.9. The summed E-state index contributed by atoms with van der Waals surface area (Å²) in [7, 11) is -3.26. The Balaban J connectivity index is 1.85. The summed E-state index contributed by atoms with van der Waals surface area (Å²) >= 11 is 5.11. The minimum Gasteiger partial charge on any atom is -0.359 e. The molecule has 0 atom stereocenters. The highest BCUT2D eigenvalue weighted by Gasteiger charge is 2.16. The van der Waals surface area contributed by atoms with Crippen LogP contribution in [0.15, 0.2) is 29.2 Å². The first-order valence-corrected chi connectivity index (χ1v) is 9.33. The van der Waals surface area contributed by atoms with E-state index in [1.165, 1.54) is 37.1 Å². The van der Waals surface area contributed by atoms with Gasteiger partial charge in [-0.2, -0.15) is 0 Å². The fourth-order valence-corrected chi connectivity index (χ4v) is 3.18. The molecule has 0 aliphatic heterocycles. The average Bonchev–Trinajstić information content (AvgIpc) is 2.97. The van der Waals surface area contributed by atoms with E-state index in [4.69, 9.17) is 12.2 Å². The molecule has 0 saturated heterocycles. The maximum absolute atomic E-state index is 11.9. The molecular formula is C14H19N3O3S2. The molecule has 1 amide bonds. The highest BCUT2D eigenvalue weighted by atomic mass is 32.2. The average molecular weight is 341 g/mol. The van der Waals surface area contributed by atoms with Crippen molar-refractivity contribution in [3.05, 3.63) is 29.8 Å². The normalized spacial score (nSPS) is 15.3. The molecule has 1 aliphatic rings. The third-order valence-electron chi connectivity index (χ3n) is 3.52. The number of hydrogen-bond donors (Lipinski definition) is 3. The smallest absolute Gasteiger partial charge is 0.269 e. The van der Waals surface area contributed by atoms with Gasteiger partial charge in [-0.3, -0.25) is 15.6 Å². The van der Waals surface area contributed by atoms with Crippen molar-refractivity contribution in [1.29, 1.82) is 0 Å². The van der Waals surface area contributed by atoms with E-state index in [-0.39, 0.29) is 10.8 Å². The maximum atomic E-state index is 11.9. The fraction of sp³-hybridized carbons (Fsp3) is 0.429. The first-order chi connectivity index (χ1) is 10.4. The van der Waals surface area contributed by atoms with Gasteiger partial charge in [0.15, 0.2) is 14.9 Å². The molecule has 0 spiro atoms.